The maximum atomic E-state index is 6.79. The standard InChI is InChI=1S/C16H33N3O2/c1-15(2,9-6-12-19-17)20-13-7-10-16(3,4)21-14-8-11-18-5/h17H,5-14H2,1-4H3. The Morgan fingerprint density at radius 1 is 0.857 bits per heavy atom. The predicted molar refractivity (Wildman–Crippen MR) is 87.6 cm³/mol. The number of hydrogen-bond acceptors (Lipinski definition) is 5. The minimum absolute atomic E-state index is 0.112. The van der Waals surface area contributed by atoms with E-state index in [0.29, 0.717) is 6.54 Å². The molecule has 5 nitrogen and oxygen atoms in total. The number of hydrogen-bond donors (Lipinski definition) is 1. The van der Waals surface area contributed by atoms with Crippen molar-refractivity contribution in [3.63, 3.8) is 0 Å². The van der Waals surface area contributed by atoms with Gasteiger partial charge in [-0.25, -0.2) is 5.53 Å². The van der Waals surface area contributed by atoms with Gasteiger partial charge in [0.15, 0.2) is 0 Å². The minimum atomic E-state index is -0.134. The van der Waals surface area contributed by atoms with E-state index in [9.17, 15) is 0 Å². The van der Waals surface area contributed by atoms with Crippen molar-refractivity contribution < 1.29 is 9.47 Å². The zero-order valence-corrected chi connectivity index (χ0v) is 14.3. The van der Waals surface area contributed by atoms with Crippen LogP contribution in [0.2, 0.25) is 0 Å². The molecule has 0 aliphatic heterocycles. The molecule has 0 saturated heterocycles. The molecule has 21 heavy (non-hydrogen) atoms. The van der Waals surface area contributed by atoms with Crippen molar-refractivity contribution in [2.45, 2.75) is 71.0 Å². The second-order valence-corrected chi connectivity index (χ2v) is 6.61. The number of nitrogens with one attached hydrogen (secondary N) is 1. The maximum Gasteiger partial charge on any atom is 0.0627 e. The Labute approximate surface area is 130 Å². The van der Waals surface area contributed by atoms with Gasteiger partial charge in [-0.1, -0.05) is 0 Å². The van der Waals surface area contributed by atoms with Crippen molar-refractivity contribution in [2.75, 3.05) is 26.3 Å². The summed E-state index contributed by atoms with van der Waals surface area (Å²) >= 11 is 0. The summed E-state index contributed by atoms with van der Waals surface area (Å²) in [5, 5.41) is 3.38. The van der Waals surface area contributed by atoms with E-state index >= 15 is 0 Å². The fourth-order valence-corrected chi connectivity index (χ4v) is 2.10. The first-order valence-electron chi connectivity index (χ1n) is 7.86. The van der Waals surface area contributed by atoms with Crippen molar-refractivity contribution in [1.29, 1.82) is 5.53 Å². The lowest BCUT2D eigenvalue weighted by Gasteiger charge is -2.28. The normalized spacial score (nSPS) is 12.4. The first-order valence-corrected chi connectivity index (χ1v) is 7.86. The van der Waals surface area contributed by atoms with Crippen LogP contribution in [0.5, 0.6) is 0 Å². The molecule has 0 rings (SSSR count). The van der Waals surface area contributed by atoms with Crippen LogP contribution in [-0.4, -0.2) is 44.2 Å². The number of ether oxygens (including phenoxy) is 2. The van der Waals surface area contributed by atoms with Gasteiger partial charge in [0.1, 0.15) is 0 Å². The molecule has 1 N–H and O–H groups in total. The van der Waals surface area contributed by atoms with Gasteiger partial charge >= 0.3 is 0 Å². The smallest absolute Gasteiger partial charge is 0.0627 e. The Morgan fingerprint density at radius 2 is 1.38 bits per heavy atom. The molecule has 0 aliphatic rings. The van der Waals surface area contributed by atoms with Gasteiger partial charge in [-0.05, 0) is 66.5 Å². The van der Waals surface area contributed by atoms with Gasteiger partial charge in [0, 0.05) is 19.8 Å². The number of aliphatic imine (C=N–C) groups is 1. The average Bonchev–Trinajstić information content (AvgIpc) is 2.40. The van der Waals surface area contributed by atoms with Gasteiger partial charge in [0.2, 0.25) is 0 Å². The molecule has 5 heteroatoms. The third kappa shape index (κ3) is 12.6. The van der Waals surface area contributed by atoms with E-state index in [1.807, 2.05) is 0 Å². The highest BCUT2D eigenvalue weighted by molar-refractivity contribution is 5.22. The predicted octanol–water partition coefficient (Wildman–Crippen LogP) is 4.26. The molecule has 0 aromatic rings. The highest BCUT2D eigenvalue weighted by Gasteiger charge is 2.20. The highest BCUT2D eigenvalue weighted by atomic mass is 16.5. The van der Waals surface area contributed by atoms with Crippen LogP contribution in [0.25, 0.3) is 0 Å². The Balaban J connectivity index is 3.75. The first kappa shape index (κ1) is 20.2. The second-order valence-electron chi connectivity index (χ2n) is 6.61. The Kier molecular flexibility index (Phi) is 10.4. The molecule has 0 aliphatic carbocycles. The molecule has 0 amide bonds. The number of rotatable bonds is 14. The van der Waals surface area contributed by atoms with E-state index < -0.39 is 0 Å². The first-order chi connectivity index (χ1) is 9.83. The Morgan fingerprint density at radius 3 is 1.90 bits per heavy atom. The Hall–Kier alpha value is -0.810. The molecule has 0 heterocycles. The zero-order chi connectivity index (χ0) is 16.2. The van der Waals surface area contributed by atoms with Crippen LogP contribution in [0, 0.1) is 5.53 Å². The molecular weight excluding hydrogens is 266 g/mol. The summed E-state index contributed by atoms with van der Waals surface area (Å²) in [6, 6.07) is 0. The zero-order valence-electron chi connectivity index (χ0n) is 14.3. The Bertz CT molecular complexity index is 291. The van der Waals surface area contributed by atoms with Crippen LogP contribution >= 0.6 is 0 Å². The van der Waals surface area contributed by atoms with E-state index in [-0.39, 0.29) is 11.2 Å². The van der Waals surface area contributed by atoms with E-state index in [1.54, 1.807) is 0 Å². The number of nitrogens with zero attached hydrogens (tertiary/aromatic N) is 2. The van der Waals surface area contributed by atoms with E-state index in [4.69, 9.17) is 15.0 Å². The van der Waals surface area contributed by atoms with Gasteiger partial charge in [0.05, 0.1) is 17.7 Å². The van der Waals surface area contributed by atoms with Gasteiger partial charge in [-0.15, -0.1) is 0 Å². The lowest BCUT2D eigenvalue weighted by molar-refractivity contribution is -0.0510. The summed E-state index contributed by atoms with van der Waals surface area (Å²) in [4.78, 5) is 3.82. The van der Waals surface area contributed by atoms with Crippen molar-refractivity contribution in [2.24, 2.45) is 10.1 Å². The third-order valence-electron chi connectivity index (χ3n) is 3.42. The van der Waals surface area contributed by atoms with E-state index in [0.717, 1.165) is 51.9 Å². The topological polar surface area (TPSA) is 67.0 Å². The molecule has 0 bridgehead atoms. The molecule has 0 unspecified atom stereocenters. The quantitative estimate of drug-likeness (QED) is 0.296. The summed E-state index contributed by atoms with van der Waals surface area (Å²) in [5.74, 6) is 0. The minimum Gasteiger partial charge on any atom is -0.376 e. The van der Waals surface area contributed by atoms with Gasteiger partial charge < -0.3 is 14.5 Å². The maximum absolute atomic E-state index is 6.79. The average molecular weight is 299 g/mol. The fourth-order valence-electron chi connectivity index (χ4n) is 2.10. The monoisotopic (exact) mass is 299 g/mol. The van der Waals surface area contributed by atoms with Crippen molar-refractivity contribution >= 4 is 6.72 Å². The molecule has 0 fully saturated rings. The largest absolute Gasteiger partial charge is 0.376 e. The van der Waals surface area contributed by atoms with Crippen LogP contribution in [-0.2, 0) is 9.47 Å². The summed E-state index contributed by atoms with van der Waals surface area (Å²) in [7, 11) is 0. The van der Waals surface area contributed by atoms with Gasteiger partial charge in [-0.2, -0.15) is 5.11 Å². The summed E-state index contributed by atoms with van der Waals surface area (Å²) in [5.41, 5.74) is 6.54. The summed E-state index contributed by atoms with van der Waals surface area (Å²) in [6.07, 6.45) is 4.73. The molecule has 0 aromatic heterocycles. The van der Waals surface area contributed by atoms with Crippen LogP contribution in [0.1, 0.15) is 59.8 Å². The van der Waals surface area contributed by atoms with Crippen LogP contribution in [0.15, 0.2) is 10.1 Å². The van der Waals surface area contributed by atoms with Gasteiger partial charge in [0.25, 0.3) is 0 Å². The molecule has 0 saturated carbocycles. The lowest BCUT2D eigenvalue weighted by Crippen LogP contribution is -2.28. The fraction of sp³-hybridized carbons (Fsp3) is 0.938. The second kappa shape index (κ2) is 10.9. The SMILES string of the molecule is C=NCCCOC(C)(C)CCCOC(C)(C)CCCN=N. The molecule has 0 radical (unpaired) electrons. The molecule has 0 aromatic carbocycles. The van der Waals surface area contributed by atoms with E-state index in [2.05, 4.69) is 44.5 Å². The van der Waals surface area contributed by atoms with Gasteiger partial charge in [-0.3, -0.25) is 0 Å². The lowest BCUT2D eigenvalue weighted by atomic mass is 10.0. The van der Waals surface area contributed by atoms with Crippen LogP contribution < -0.4 is 0 Å². The third-order valence-corrected chi connectivity index (χ3v) is 3.42. The van der Waals surface area contributed by atoms with Crippen LogP contribution in [0.4, 0.5) is 0 Å². The summed E-state index contributed by atoms with van der Waals surface area (Å²) < 4.78 is 11.8. The molecule has 0 atom stereocenters. The van der Waals surface area contributed by atoms with Crippen LogP contribution in [0.3, 0.4) is 0 Å². The highest BCUT2D eigenvalue weighted by Crippen LogP contribution is 2.20. The molecular formula is C16H33N3O2. The summed E-state index contributed by atoms with van der Waals surface area (Å²) in [6.45, 7) is 14.7. The van der Waals surface area contributed by atoms with Crippen molar-refractivity contribution in [3.05, 3.63) is 0 Å². The van der Waals surface area contributed by atoms with E-state index in [1.165, 1.54) is 0 Å². The van der Waals surface area contributed by atoms with Crippen molar-refractivity contribution in [3.8, 4) is 0 Å². The van der Waals surface area contributed by atoms with Crippen molar-refractivity contribution in [1.82, 2.24) is 0 Å². The molecule has 124 valence electrons. The molecule has 0 spiro atoms.